The Labute approximate surface area is 98.7 Å². The number of hydrogen-bond donors (Lipinski definition) is 0. The topological polar surface area (TPSA) is 29.5 Å². The third kappa shape index (κ3) is 2.58. The van der Waals surface area contributed by atoms with Crippen molar-refractivity contribution >= 4 is 5.91 Å². The number of halogens is 5. The summed E-state index contributed by atoms with van der Waals surface area (Å²) in [5.74, 6) is -4.89. The largest absolute Gasteiger partial charge is 0.422 e. The second kappa shape index (κ2) is 4.89. The van der Waals surface area contributed by atoms with Crippen LogP contribution in [0.15, 0.2) is 12.1 Å². The van der Waals surface area contributed by atoms with Gasteiger partial charge in [0.1, 0.15) is 11.4 Å². The molecule has 1 aromatic rings. The van der Waals surface area contributed by atoms with E-state index in [1.165, 1.54) is 0 Å². The normalized spacial score (nSPS) is 11.5. The zero-order valence-corrected chi connectivity index (χ0v) is 9.31. The van der Waals surface area contributed by atoms with Gasteiger partial charge in [0.2, 0.25) is 0 Å². The first-order chi connectivity index (χ1) is 8.20. The van der Waals surface area contributed by atoms with Crippen LogP contribution >= 0.6 is 0 Å². The molecule has 1 aromatic carbocycles. The van der Waals surface area contributed by atoms with Crippen LogP contribution in [0.4, 0.5) is 22.0 Å². The van der Waals surface area contributed by atoms with Crippen molar-refractivity contribution in [3.63, 3.8) is 0 Å². The van der Waals surface area contributed by atoms with Crippen molar-refractivity contribution in [1.29, 1.82) is 0 Å². The van der Waals surface area contributed by atoms with Crippen molar-refractivity contribution in [2.24, 2.45) is 0 Å². The van der Waals surface area contributed by atoms with Crippen LogP contribution in [0.25, 0.3) is 0 Å². The Balaban J connectivity index is 3.38. The molecule has 1 amide bonds. The monoisotopic (exact) mass is 269 g/mol. The van der Waals surface area contributed by atoms with E-state index < -0.39 is 34.8 Å². The Kier molecular flexibility index (Phi) is 3.90. The van der Waals surface area contributed by atoms with Gasteiger partial charge in [0.05, 0.1) is 12.7 Å². The number of nitrogens with zero attached hydrogens (tertiary/aromatic N) is 1. The van der Waals surface area contributed by atoms with E-state index in [1.54, 1.807) is 0 Å². The molecule has 0 saturated heterocycles. The zero-order valence-electron chi connectivity index (χ0n) is 9.31. The predicted molar refractivity (Wildman–Crippen MR) is 50.5 cm³/mol. The van der Waals surface area contributed by atoms with E-state index in [0.29, 0.717) is 17.2 Å². The van der Waals surface area contributed by atoms with E-state index in [1.807, 2.05) is 0 Å². The van der Waals surface area contributed by atoms with Crippen LogP contribution in [-0.2, 0) is 11.0 Å². The molecule has 0 spiro atoms. The van der Waals surface area contributed by atoms with Crippen LogP contribution in [0.2, 0.25) is 0 Å². The predicted octanol–water partition coefficient (Wildman–Crippen LogP) is 2.62. The number of carbonyl (C=O) groups excluding carboxylic acids is 1. The van der Waals surface area contributed by atoms with Crippen LogP contribution < -0.4 is 0 Å². The van der Waals surface area contributed by atoms with Gasteiger partial charge in [-0.3, -0.25) is 9.63 Å². The molecule has 100 valence electrons. The molecule has 0 saturated carbocycles. The maximum atomic E-state index is 13.5. The molecule has 1 rings (SSSR count). The Hall–Kier alpha value is -1.70. The van der Waals surface area contributed by atoms with Crippen LogP contribution in [-0.4, -0.2) is 25.1 Å². The van der Waals surface area contributed by atoms with Gasteiger partial charge in [-0.1, -0.05) is 0 Å². The molecule has 0 atom stereocenters. The Morgan fingerprint density at radius 1 is 1.28 bits per heavy atom. The molecule has 0 fully saturated rings. The summed E-state index contributed by atoms with van der Waals surface area (Å²) in [6.07, 6.45) is -5.23. The lowest BCUT2D eigenvalue weighted by molar-refractivity contribution is -0.142. The minimum absolute atomic E-state index is 0.378. The highest BCUT2D eigenvalue weighted by Crippen LogP contribution is 2.34. The first-order valence-electron chi connectivity index (χ1n) is 4.57. The minimum Gasteiger partial charge on any atom is -0.274 e. The van der Waals surface area contributed by atoms with Crippen molar-refractivity contribution in [1.82, 2.24) is 5.06 Å². The van der Waals surface area contributed by atoms with Crippen LogP contribution in [0, 0.1) is 11.6 Å². The fourth-order valence-electron chi connectivity index (χ4n) is 1.23. The van der Waals surface area contributed by atoms with Crippen LogP contribution in [0.5, 0.6) is 0 Å². The summed E-state index contributed by atoms with van der Waals surface area (Å²) in [4.78, 5) is 15.9. The zero-order chi connectivity index (χ0) is 14.1. The molecular formula is C10H8F5NO2. The summed E-state index contributed by atoms with van der Waals surface area (Å²) < 4.78 is 63.7. The lowest BCUT2D eigenvalue weighted by atomic mass is 10.1. The van der Waals surface area contributed by atoms with Gasteiger partial charge < -0.3 is 0 Å². The van der Waals surface area contributed by atoms with Gasteiger partial charge in [0, 0.05) is 7.05 Å². The highest BCUT2D eigenvalue weighted by molar-refractivity contribution is 5.93. The average molecular weight is 269 g/mol. The molecule has 0 aromatic heterocycles. The molecule has 0 radical (unpaired) electrons. The smallest absolute Gasteiger partial charge is 0.274 e. The number of carbonyl (C=O) groups is 1. The van der Waals surface area contributed by atoms with Gasteiger partial charge in [-0.25, -0.2) is 13.8 Å². The van der Waals surface area contributed by atoms with E-state index in [-0.39, 0.29) is 0 Å². The van der Waals surface area contributed by atoms with E-state index in [9.17, 15) is 26.7 Å². The lowest BCUT2D eigenvalue weighted by Gasteiger charge is -2.16. The molecule has 0 aliphatic carbocycles. The quantitative estimate of drug-likeness (QED) is 0.610. The van der Waals surface area contributed by atoms with Crippen molar-refractivity contribution in [3.8, 4) is 0 Å². The van der Waals surface area contributed by atoms with Gasteiger partial charge in [-0.2, -0.15) is 13.2 Å². The maximum absolute atomic E-state index is 13.5. The SMILES string of the molecule is CON(C)C(=O)c1ccc(F)c(C(F)(F)F)c1F. The highest BCUT2D eigenvalue weighted by atomic mass is 19.4. The second-order valence-corrected chi connectivity index (χ2v) is 3.27. The lowest BCUT2D eigenvalue weighted by Crippen LogP contribution is -2.27. The van der Waals surface area contributed by atoms with Crippen LogP contribution in [0.1, 0.15) is 15.9 Å². The highest BCUT2D eigenvalue weighted by Gasteiger charge is 2.39. The second-order valence-electron chi connectivity index (χ2n) is 3.27. The number of alkyl halides is 3. The molecule has 8 heteroatoms. The van der Waals surface area contributed by atoms with Gasteiger partial charge >= 0.3 is 6.18 Å². The summed E-state index contributed by atoms with van der Waals surface area (Å²) in [6, 6.07) is 1.00. The van der Waals surface area contributed by atoms with Gasteiger partial charge in [0.15, 0.2) is 5.82 Å². The summed E-state index contributed by atoms with van der Waals surface area (Å²) >= 11 is 0. The standard InChI is InChI=1S/C10H8F5NO2/c1-16(18-2)9(17)5-3-4-6(11)7(8(5)12)10(13,14)15/h3-4H,1-2H3. The van der Waals surface area contributed by atoms with Crippen molar-refractivity contribution in [3.05, 3.63) is 34.9 Å². The summed E-state index contributed by atoms with van der Waals surface area (Å²) in [5, 5.41) is 0.524. The molecule has 0 N–H and O–H groups in total. The summed E-state index contributed by atoms with van der Waals surface area (Å²) in [6.45, 7) is 0. The number of benzene rings is 1. The summed E-state index contributed by atoms with van der Waals surface area (Å²) in [5.41, 5.74) is -3.02. The Bertz CT molecular complexity index is 472. The van der Waals surface area contributed by atoms with E-state index in [0.717, 1.165) is 14.2 Å². The molecule has 0 aliphatic heterocycles. The number of hydrogen-bond acceptors (Lipinski definition) is 2. The van der Waals surface area contributed by atoms with Crippen molar-refractivity contribution in [2.45, 2.75) is 6.18 Å². The van der Waals surface area contributed by atoms with Crippen molar-refractivity contribution < 1.29 is 31.6 Å². The molecule has 3 nitrogen and oxygen atoms in total. The Morgan fingerprint density at radius 2 is 1.83 bits per heavy atom. The first kappa shape index (κ1) is 14.4. The number of amides is 1. The third-order valence-electron chi connectivity index (χ3n) is 2.16. The average Bonchev–Trinajstić information content (AvgIpc) is 2.25. The number of hydroxylamine groups is 2. The molecule has 0 unspecified atom stereocenters. The van der Waals surface area contributed by atoms with E-state index >= 15 is 0 Å². The first-order valence-corrected chi connectivity index (χ1v) is 4.57. The van der Waals surface area contributed by atoms with E-state index in [2.05, 4.69) is 4.84 Å². The third-order valence-corrected chi connectivity index (χ3v) is 2.16. The molecule has 0 heterocycles. The molecular weight excluding hydrogens is 261 g/mol. The minimum atomic E-state index is -5.23. The number of rotatable bonds is 2. The van der Waals surface area contributed by atoms with Crippen molar-refractivity contribution in [2.75, 3.05) is 14.2 Å². The Morgan fingerprint density at radius 3 is 2.28 bits per heavy atom. The maximum Gasteiger partial charge on any atom is 0.422 e. The van der Waals surface area contributed by atoms with Gasteiger partial charge in [-0.15, -0.1) is 0 Å². The van der Waals surface area contributed by atoms with Gasteiger partial charge in [0.25, 0.3) is 5.91 Å². The molecule has 0 bridgehead atoms. The molecule has 18 heavy (non-hydrogen) atoms. The fraction of sp³-hybridized carbons (Fsp3) is 0.300. The van der Waals surface area contributed by atoms with Gasteiger partial charge in [-0.05, 0) is 12.1 Å². The molecule has 0 aliphatic rings. The van der Waals surface area contributed by atoms with E-state index in [4.69, 9.17) is 0 Å². The fourth-order valence-corrected chi connectivity index (χ4v) is 1.23. The van der Waals surface area contributed by atoms with Crippen LogP contribution in [0.3, 0.4) is 0 Å². The summed E-state index contributed by atoms with van der Waals surface area (Å²) in [7, 11) is 2.16.